The molecule has 1 atom stereocenters. The monoisotopic (exact) mass is 338 g/mol. The Morgan fingerprint density at radius 2 is 2.08 bits per heavy atom. The molecule has 5 heteroatoms. The van der Waals surface area contributed by atoms with Crippen molar-refractivity contribution in [2.75, 3.05) is 13.7 Å². The second-order valence-electron chi connectivity index (χ2n) is 5.51. The predicted octanol–water partition coefficient (Wildman–Crippen LogP) is 3.28. The number of methoxy groups -OCH3 is 1. The highest BCUT2D eigenvalue weighted by Gasteiger charge is 2.13. The van der Waals surface area contributed by atoms with Gasteiger partial charge in [0.15, 0.2) is 0 Å². The first kappa shape index (κ1) is 18.4. The van der Waals surface area contributed by atoms with Gasteiger partial charge >= 0.3 is 0 Å². The molecular formula is C20H19FN2O2. The van der Waals surface area contributed by atoms with Crippen molar-refractivity contribution < 1.29 is 13.9 Å². The van der Waals surface area contributed by atoms with E-state index in [9.17, 15) is 9.18 Å². The average molecular weight is 338 g/mol. The van der Waals surface area contributed by atoms with E-state index in [1.54, 1.807) is 13.2 Å². The van der Waals surface area contributed by atoms with Gasteiger partial charge < -0.3 is 14.8 Å². The Kier molecular flexibility index (Phi) is 6.44. The summed E-state index contributed by atoms with van der Waals surface area (Å²) in [6.07, 6.45) is 1.28. The van der Waals surface area contributed by atoms with Crippen LogP contribution in [0.4, 0.5) is 4.39 Å². The molecule has 0 bridgehead atoms. The minimum absolute atomic E-state index is 0.157. The largest absolute Gasteiger partial charge is 0.496 e. The molecule has 0 aliphatic carbocycles. The Hall–Kier alpha value is -2.97. The fraction of sp³-hybridized carbons (Fsp3) is 0.200. The van der Waals surface area contributed by atoms with Crippen LogP contribution in [0.15, 0.2) is 54.6 Å². The zero-order valence-electron chi connectivity index (χ0n) is 14.0. The normalized spacial score (nSPS) is 11.4. The Labute approximate surface area is 146 Å². The number of nitriles is 1. The molecule has 0 spiro atoms. The summed E-state index contributed by atoms with van der Waals surface area (Å²) in [7, 11) is 1.54. The summed E-state index contributed by atoms with van der Waals surface area (Å²) in [5.41, 5.74) is 2.85. The Bertz CT molecular complexity index is 794. The van der Waals surface area contributed by atoms with E-state index in [-0.39, 0.29) is 18.4 Å². The van der Waals surface area contributed by atoms with Gasteiger partial charge in [-0.1, -0.05) is 30.8 Å². The molecule has 0 saturated heterocycles. The number of carbonyl (C=O) groups excluding carboxylic acids is 1. The minimum atomic E-state index is -0.330. The van der Waals surface area contributed by atoms with Gasteiger partial charge in [0.25, 0.3) is 0 Å². The molecule has 0 saturated carbocycles. The maximum absolute atomic E-state index is 13.5. The lowest BCUT2D eigenvalue weighted by molar-refractivity contribution is -0.107. The molecule has 2 rings (SSSR count). The number of rotatable bonds is 8. The summed E-state index contributed by atoms with van der Waals surface area (Å²) >= 11 is 0. The van der Waals surface area contributed by atoms with E-state index >= 15 is 0 Å². The van der Waals surface area contributed by atoms with Gasteiger partial charge in [-0.2, -0.15) is 5.26 Å². The van der Waals surface area contributed by atoms with Gasteiger partial charge in [-0.15, -0.1) is 0 Å². The van der Waals surface area contributed by atoms with Gasteiger partial charge in [0, 0.05) is 17.2 Å². The molecular weight excluding hydrogens is 319 g/mol. The SMILES string of the molecule is C=C(C#N)C(Cc1ccc(-c2cc(F)ccc2OC)cc1)NCC=O. The number of hydrogen-bond acceptors (Lipinski definition) is 4. The highest BCUT2D eigenvalue weighted by molar-refractivity contribution is 5.70. The van der Waals surface area contributed by atoms with Gasteiger partial charge in [0.2, 0.25) is 0 Å². The predicted molar refractivity (Wildman–Crippen MR) is 94.7 cm³/mol. The summed E-state index contributed by atoms with van der Waals surface area (Å²) in [4.78, 5) is 10.5. The number of nitrogens with zero attached hydrogens (tertiary/aromatic N) is 1. The fourth-order valence-electron chi connectivity index (χ4n) is 2.55. The summed E-state index contributed by atoms with van der Waals surface area (Å²) in [5.74, 6) is 0.265. The molecule has 0 fully saturated rings. The first-order valence-electron chi connectivity index (χ1n) is 7.77. The number of nitrogens with one attached hydrogen (secondary N) is 1. The third-order valence-electron chi connectivity index (χ3n) is 3.88. The van der Waals surface area contributed by atoms with Crippen LogP contribution in [0.1, 0.15) is 5.56 Å². The van der Waals surface area contributed by atoms with Crippen LogP contribution >= 0.6 is 0 Å². The second-order valence-corrected chi connectivity index (χ2v) is 5.51. The van der Waals surface area contributed by atoms with E-state index in [0.29, 0.717) is 23.3 Å². The lowest BCUT2D eigenvalue weighted by atomic mass is 9.97. The van der Waals surface area contributed by atoms with Gasteiger partial charge in [0.1, 0.15) is 17.9 Å². The highest BCUT2D eigenvalue weighted by atomic mass is 19.1. The maximum atomic E-state index is 13.5. The van der Waals surface area contributed by atoms with Crippen molar-refractivity contribution in [3.8, 4) is 22.9 Å². The Morgan fingerprint density at radius 1 is 1.36 bits per heavy atom. The average Bonchev–Trinajstić information content (AvgIpc) is 2.65. The van der Waals surface area contributed by atoms with Crippen LogP contribution in [0, 0.1) is 17.1 Å². The Morgan fingerprint density at radius 3 is 2.68 bits per heavy atom. The molecule has 25 heavy (non-hydrogen) atoms. The molecule has 4 nitrogen and oxygen atoms in total. The third kappa shape index (κ3) is 4.75. The first-order valence-corrected chi connectivity index (χ1v) is 7.77. The zero-order valence-corrected chi connectivity index (χ0v) is 14.0. The highest BCUT2D eigenvalue weighted by Crippen LogP contribution is 2.30. The number of aldehydes is 1. The van der Waals surface area contributed by atoms with Crippen molar-refractivity contribution in [2.45, 2.75) is 12.5 Å². The van der Waals surface area contributed by atoms with Crippen molar-refractivity contribution >= 4 is 6.29 Å². The standard InChI is InChI=1S/C20H19FN2O2/c1-14(13-22)19(23-9-10-24)11-15-3-5-16(6-4-15)18-12-17(21)7-8-20(18)25-2/h3-8,10,12,19,23H,1,9,11H2,2H3. The summed E-state index contributed by atoms with van der Waals surface area (Å²) in [5, 5.41) is 12.0. The van der Waals surface area contributed by atoms with Crippen LogP contribution in [0.2, 0.25) is 0 Å². The molecule has 0 aromatic heterocycles. The van der Waals surface area contributed by atoms with E-state index in [1.165, 1.54) is 12.1 Å². The van der Waals surface area contributed by atoms with Crippen LogP contribution in [-0.2, 0) is 11.2 Å². The van der Waals surface area contributed by atoms with Crippen LogP contribution in [0.25, 0.3) is 11.1 Å². The lowest BCUT2D eigenvalue weighted by Gasteiger charge is -2.16. The molecule has 2 aromatic carbocycles. The Balaban J connectivity index is 2.22. The fourth-order valence-corrected chi connectivity index (χ4v) is 2.55. The maximum Gasteiger partial charge on any atom is 0.133 e. The van der Waals surface area contributed by atoms with Crippen molar-refractivity contribution in [3.05, 3.63) is 66.0 Å². The molecule has 128 valence electrons. The molecule has 0 radical (unpaired) electrons. The van der Waals surface area contributed by atoms with E-state index in [2.05, 4.69) is 11.9 Å². The molecule has 1 unspecified atom stereocenters. The van der Waals surface area contributed by atoms with Crippen molar-refractivity contribution in [1.82, 2.24) is 5.32 Å². The minimum Gasteiger partial charge on any atom is -0.496 e. The van der Waals surface area contributed by atoms with Gasteiger partial charge in [-0.3, -0.25) is 0 Å². The van der Waals surface area contributed by atoms with Crippen LogP contribution < -0.4 is 10.1 Å². The number of hydrogen-bond donors (Lipinski definition) is 1. The summed E-state index contributed by atoms with van der Waals surface area (Å²) in [6.45, 7) is 3.88. The van der Waals surface area contributed by atoms with Crippen molar-refractivity contribution in [2.24, 2.45) is 0 Å². The molecule has 0 amide bonds. The van der Waals surface area contributed by atoms with Gasteiger partial charge in [-0.25, -0.2) is 4.39 Å². The van der Waals surface area contributed by atoms with Crippen molar-refractivity contribution in [1.29, 1.82) is 5.26 Å². The lowest BCUT2D eigenvalue weighted by Crippen LogP contribution is -2.33. The van der Waals surface area contributed by atoms with Gasteiger partial charge in [0.05, 0.1) is 19.7 Å². The number of ether oxygens (including phenoxy) is 1. The molecule has 0 aliphatic heterocycles. The van der Waals surface area contributed by atoms with E-state index in [0.717, 1.165) is 17.4 Å². The van der Waals surface area contributed by atoms with Crippen LogP contribution in [-0.4, -0.2) is 26.0 Å². The molecule has 0 aliphatic rings. The number of benzene rings is 2. The molecule has 1 N–H and O–H groups in total. The topological polar surface area (TPSA) is 62.1 Å². The number of carbonyl (C=O) groups is 1. The van der Waals surface area contributed by atoms with E-state index in [4.69, 9.17) is 10.00 Å². The van der Waals surface area contributed by atoms with Crippen molar-refractivity contribution in [3.63, 3.8) is 0 Å². The first-order chi connectivity index (χ1) is 12.1. The smallest absolute Gasteiger partial charge is 0.133 e. The van der Waals surface area contributed by atoms with Crippen LogP contribution in [0.5, 0.6) is 5.75 Å². The third-order valence-corrected chi connectivity index (χ3v) is 3.88. The van der Waals surface area contributed by atoms with E-state index < -0.39 is 0 Å². The quantitative estimate of drug-likeness (QED) is 0.593. The van der Waals surface area contributed by atoms with Gasteiger partial charge in [-0.05, 0) is 35.7 Å². The van der Waals surface area contributed by atoms with E-state index in [1.807, 2.05) is 30.3 Å². The second kappa shape index (κ2) is 8.76. The summed E-state index contributed by atoms with van der Waals surface area (Å²) < 4.78 is 18.8. The molecule has 0 heterocycles. The van der Waals surface area contributed by atoms with Crippen LogP contribution in [0.3, 0.4) is 0 Å². The molecule has 2 aromatic rings. The summed E-state index contributed by atoms with van der Waals surface area (Å²) in [6, 6.07) is 13.7. The number of halogens is 1. The zero-order chi connectivity index (χ0) is 18.2.